The van der Waals surface area contributed by atoms with E-state index < -0.39 is 29.0 Å². The largest absolute Gasteiger partial charge is 0.391 e. The topological polar surface area (TPSA) is 92.4 Å². The predicted octanol–water partition coefficient (Wildman–Crippen LogP) is -0.466. The number of aliphatic hydroxyl groups is 1. The standard InChI is InChI=1S/C10H14N2O3S/c1-7(13)9(11)10(14)12-16(15)8-5-3-2-4-6-8/h2-7,9,13H,11H2,1H3,(H,12,14). The SMILES string of the molecule is CC(O)C(N)C(=O)NS(=O)c1ccccc1. The van der Waals surface area contributed by atoms with Crippen molar-refractivity contribution < 1.29 is 14.1 Å². The molecule has 6 heteroatoms. The van der Waals surface area contributed by atoms with Crippen molar-refractivity contribution >= 4 is 16.9 Å². The number of rotatable bonds is 4. The molecule has 0 saturated carbocycles. The van der Waals surface area contributed by atoms with Gasteiger partial charge in [-0.2, -0.15) is 0 Å². The molecule has 0 aliphatic rings. The zero-order valence-corrected chi connectivity index (χ0v) is 9.61. The molecule has 0 radical (unpaired) electrons. The second kappa shape index (κ2) is 5.74. The van der Waals surface area contributed by atoms with Gasteiger partial charge in [0.25, 0.3) is 5.91 Å². The summed E-state index contributed by atoms with van der Waals surface area (Å²) in [7, 11) is -1.64. The highest BCUT2D eigenvalue weighted by atomic mass is 32.2. The van der Waals surface area contributed by atoms with Crippen molar-refractivity contribution in [3.8, 4) is 0 Å². The Morgan fingerprint density at radius 1 is 1.44 bits per heavy atom. The Bertz CT molecular complexity index is 381. The number of carbonyl (C=O) groups is 1. The van der Waals surface area contributed by atoms with E-state index in [2.05, 4.69) is 4.72 Å². The Kier molecular flexibility index (Phi) is 4.60. The van der Waals surface area contributed by atoms with Crippen LogP contribution in [0.15, 0.2) is 35.2 Å². The first-order valence-electron chi connectivity index (χ1n) is 4.73. The van der Waals surface area contributed by atoms with Gasteiger partial charge >= 0.3 is 0 Å². The first-order chi connectivity index (χ1) is 7.52. The summed E-state index contributed by atoms with van der Waals surface area (Å²) in [5.41, 5.74) is 5.39. The summed E-state index contributed by atoms with van der Waals surface area (Å²) >= 11 is 0. The number of nitrogens with one attached hydrogen (secondary N) is 1. The molecule has 1 rings (SSSR count). The van der Waals surface area contributed by atoms with Gasteiger partial charge in [-0.05, 0) is 19.1 Å². The minimum absolute atomic E-state index is 0.480. The highest BCUT2D eigenvalue weighted by Gasteiger charge is 2.20. The van der Waals surface area contributed by atoms with Crippen molar-refractivity contribution in [3.63, 3.8) is 0 Å². The molecule has 4 N–H and O–H groups in total. The smallest absolute Gasteiger partial charge is 0.251 e. The zero-order valence-electron chi connectivity index (χ0n) is 8.79. The quantitative estimate of drug-likeness (QED) is 0.665. The fourth-order valence-corrected chi connectivity index (χ4v) is 1.82. The third kappa shape index (κ3) is 3.41. The number of benzene rings is 1. The molecule has 0 bridgehead atoms. The monoisotopic (exact) mass is 242 g/mol. The summed E-state index contributed by atoms with van der Waals surface area (Å²) in [6.45, 7) is 1.40. The summed E-state index contributed by atoms with van der Waals surface area (Å²) in [5.74, 6) is -0.641. The van der Waals surface area contributed by atoms with Crippen LogP contribution >= 0.6 is 0 Å². The summed E-state index contributed by atoms with van der Waals surface area (Å²) in [6, 6.07) is 7.40. The maximum Gasteiger partial charge on any atom is 0.251 e. The van der Waals surface area contributed by atoms with E-state index in [0.717, 1.165) is 0 Å². The van der Waals surface area contributed by atoms with E-state index in [1.165, 1.54) is 6.92 Å². The van der Waals surface area contributed by atoms with Crippen LogP contribution in [-0.4, -0.2) is 27.4 Å². The average molecular weight is 242 g/mol. The van der Waals surface area contributed by atoms with E-state index in [-0.39, 0.29) is 0 Å². The van der Waals surface area contributed by atoms with Crippen LogP contribution in [0.25, 0.3) is 0 Å². The molecule has 0 fully saturated rings. The summed E-state index contributed by atoms with van der Waals surface area (Å²) in [4.78, 5) is 11.9. The Labute approximate surface area is 96.2 Å². The van der Waals surface area contributed by atoms with Crippen LogP contribution in [0, 0.1) is 0 Å². The highest BCUT2D eigenvalue weighted by molar-refractivity contribution is 7.83. The lowest BCUT2D eigenvalue weighted by atomic mass is 10.2. The first-order valence-corrected chi connectivity index (χ1v) is 5.88. The molecule has 1 aromatic rings. The van der Waals surface area contributed by atoms with Crippen LogP contribution in [0.2, 0.25) is 0 Å². The molecule has 0 aromatic heterocycles. The summed E-state index contributed by atoms with van der Waals surface area (Å²) in [6.07, 6.45) is -0.979. The van der Waals surface area contributed by atoms with Crippen molar-refractivity contribution in [2.45, 2.75) is 24.0 Å². The van der Waals surface area contributed by atoms with E-state index in [1.54, 1.807) is 30.3 Å². The van der Waals surface area contributed by atoms with Crippen LogP contribution in [0.1, 0.15) is 6.92 Å². The van der Waals surface area contributed by atoms with Crippen molar-refractivity contribution in [2.75, 3.05) is 0 Å². The lowest BCUT2D eigenvalue weighted by molar-refractivity contribution is -0.122. The molecule has 0 spiro atoms. The van der Waals surface area contributed by atoms with Gasteiger partial charge in [0.05, 0.1) is 11.0 Å². The number of nitrogens with two attached hydrogens (primary N) is 1. The van der Waals surface area contributed by atoms with Crippen LogP contribution in [0.3, 0.4) is 0 Å². The van der Waals surface area contributed by atoms with Gasteiger partial charge in [-0.25, -0.2) is 4.21 Å². The minimum Gasteiger partial charge on any atom is -0.391 e. The fourth-order valence-electron chi connectivity index (χ4n) is 0.981. The van der Waals surface area contributed by atoms with Crippen LogP contribution in [-0.2, 0) is 15.8 Å². The number of amides is 1. The van der Waals surface area contributed by atoms with E-state index in [4.69, 9.17) is 10.8 Å². The van der Waals surface area contributed by atoms with Gasteiger partial charge in [0.15, 0.2) is 11.0 Å². The zero-order chi connectivity index (χ0) is 12.1. The van der Waals surface area contributed by atoms with Crippen molar-refractivity contribution in [1.82, 2.24) is 4.72 Å². The number of hydrogen-bond acceptors (Lipinski definition) is 4. The Balaban J connectivity index is 2.62. The van der Waals surface area contributed by atoms with Crippen molar-refractivity contribution in [1.29, 1.82) is 0 Å². The lowest BCUT2D eigenvalue weighted by Gasteiger charge is -2.13. The number of aliphatic hydroxyl groups excluding tert-OH is 1. The maximum absolute atomic E-state index is 11.6. The Hall–Kier alpha value is -1.24. The molecule has 5 nitrogen and oxygen atoms in total. The lowest BCUT2D eigenvalue weighted by Crippen LogP contribution is -2.47. The first kappa shape index (κ1) is 12.8. The minimum atomic E-state index is -1.64. The third-order valence-corrected chi connectivity index (χ3v) is 3.06. The normalized spacial score (nSPS) is 16.2. The molecule has 88 valence electrons. The van der Waals surface area contributed by atoms with Crippen LogP contribution in [0.4, 0.5) is 0 Å². The van der Waals surface area contributed by atoms with Gasteiger partial charge in [0.1, 0.15) is 6.04 Å². The second-order valence-corrected chi connectivity index (χ2v) is 4.53. The molecule has 0 heterocycles. The van der Waals surface area contributed by atoms with E-state index in [0.29, 0.717) is 4.90 Å². The highest BCUT2D eigenvalue weighted by Crippen LogP contribution is 2.03. The van der Waals surface area contributed by atoms with Gasteiger partial charge in [-0.3, -0.25) is 9.52 Å². The van der Waals surface area contributed by atoms with Gasteiger partial charge in [0, 0.05) is 0 Å². The van der Waals surface area contributed by atoms with Crippen molar-refractivity contribution in [2.24, 2.45) is 5.73 Å². The molecule has 3 atom stereocenters. The fraction of sp³-hybridized carbons (Fsp3) is 0.300. The van der Waals surface area contributed by atoms with Gasteiger partial charge in [-0.1, -0.05) is 18.2 Å². The van der Waals surface area contributed by atoms with Gasteiger partial charge < -0.3 is 10.8 Å². The molecule has 16 heavy (non-hydrogen) atoms. The number of hydrogen-bond donors (Lipinski definition) is 3. The van der Waals surface area contributed by atoms with E-state index in [1.807, 2.05) is 0 Å². The second-order valence-electron chi connectivity index (χ2n) is 3.31. The van der Waals surface area contributed by atoms with E-state index in [9.17, 15) is 9.00 Å². The molecule has 3 unspecified atom stereocenters. The maximum atomic E-state index is 11.6. The van der Waals surface area contributed by atoms with Crippen LogP contribution in [0.5, 0.6) is 0 Å². The van der Waals surface area contributed by atoms with E-state index >= 15 is 0 Å². The Morgan fingerprint density at radius 3 is 2.50 bits per heavy atom. The summed E-state index contributed by atoms with van der Waals surface area (Å²) < 4.78 is 13.8. The van der Waals surface area contributed by atoms with Crippen LogP contribution < -0.4 is 10.5 Å². The predicted molar refractivity (Wildman–Crippen MR) is 60.6 cm³/mol. The van der Waals surface area contributed by atoms with Gasteiger partial charge in [0.2, 0.25) is 0 Å². The summed E-state index contributed by atoms with van der Waals surface area (Å²) in [5, 5.41) is 9.09. The average Bonchev–Trinajstić information content (AvgIpc) is 2.28. The Morgan fingerprint density at radius 2 is 2.00 bits per heavy atom. The molecular formula is C10H14N2O3S. The molecule has 0 aliphatic heterocycles. The molecule has 0 aliphatic carbocycles. The molecule has 1 amide bonds. The number of carbonyl (C=O) groups excluding carboxylic acids is 1. The molecule has 0 saturated heterocycles. The third-order valence-electron chi connectivity index (χ3n) is 1.97. The molecular weight excluding hydrogens is 228 g/mol. The van der Waals surface area contributed by atoms with Gasteiger partial charge in [-0.15, -0.1) is 0 Å². The molecule has 1 aromatic carbocycles. The van der Waals surface area contributed by atoms with Crippen molar-refractivity contribution in [3.05, 3.63) is 30.3 Å².